The molecule has 2 N–H and O–H groups in total. The fraction of sp³-hybridized carbons (Fsp3) is 0.471. The molecule has 2 heteroatoms. The van der Waals surface area contributed by atoms with Crippen LogP contribution in [0.2, 0.25) is 0 Å². The zero-order chi connectivity index (χ0) is 13.1. The van der Waals surface area contributed by atoms with Crippen LogP contribution < -0.4 is 5.73 Å². The highest BCUT2D eigenvalue weighted by atomic mass is 14.7. The average Bonchev–Trinajstić information content (AvgIpc) is 2.97. The summed E-state index contributed by atoms with van der Waals surface area (Å²) in [6, 6.07) is 10.5. The molecule has 1 aromatic heterocycles. The van der Waals surface area contributed by atoms with Crippen molar-refractivity contribution < 1.29 is 0 Å². The second-order valence-corrected chi connectivity index (χ2v) is 5.76. The lowest BCUT2D eigenvalue weighted by molar-refractivity contribution is 0.455. The molecule has 1 saturated carbocycles. The number of aromatic nitrogens is 1. The Morgan fingerprint density at radius 2 is 1.95 bits per heavy atom. The van der Waals surface area contributed by atoms with Crippen molar-refractivity contribution in [2.24, 2.45) is 11.7 Å². The third kappa shape index (κ3) is 2.79. The first kappa shape index (κ1) is 12.6. The molecular weight excluding hydrogens is 232 g/mol. The van der Waals surface area contributed by atoms with Crippen molar-refractivity contribution in [3.63, 3.8) is 0 Å². The van der Waals surface area contributed by atoms with Gasteiger partial charge in [0.25, 0.3) is 0 Å². The van der Waals surface area contributed by atoms with Crippen LogP contribution in [-0.2, 0) is 0 Å². The van der Waals surface area contributed by atoms with Gasteiger partial charge in [0, 0.05) is 17.6 Å². The van der Waals surface area contributed by atoms with Crippen molar-refractivity contribution in [1.29, 1.82) is 0 Å². The van der Waals surface area contributed by atoms with Crippen LogP contribution in [0.15, 0.2) is 36.5 Å². The quantitative estimate of drug-likeness (QED) is 0.887. The van der Waals surface area contributed by atoms with E-state index < -0.39 is 0 Å². The molecule has 1 aliphatic carbocycles. The van der Waals surface area contributed by atoms with E-state index in [1.807, 2.05) is 12.3 Å². The molecule has 1 aromatic carbocycles. The first-order valence-electron chi connectivity index (χ1n) is 7.44. The van der Waals surface area contributed by atoms with Crippen LogP contribution in [0.3, 0.4) is 0 Å². The normalized spacial score (nSPS) is 17.9. The molecule has 0 saturated heterocycles. The Balaban J connectivity index is 1.75. The highest BCUT2D eigenvalue weighted by molar-refractivity contribution is 5.81. The molecular formula is C17H22N2. The molecule has 0 amide bonds. The molecule has 0 spiro atoms. The maximum atomic E-state index is 6.40. The molecule has 1 fully saturated rings. The Hall–Kier alpha value is -1.41. The summed E-state index contributed by atoms with van der Waals surface area (Å²) in [6.07, 6.45) is 9.84. The minimum atomic E-state index is 0.124. The SMILES string of the molecule is NC(CCC1CCCC1)c1cccc2cccnc12. The van der Waals surface area contributed by atoms with E-state index in [0.29, 0.717) is 0 Å². The van der Waals surface area contributed by atoms with Gasteiger partial charge in [0.05, 0.1) is 5.52 Å². The predicted octanol–water partition coefficient (Wildman–Crippen LogP) is 4.21. The van der Waals surface area contributed by atoms with Crippen molar-refractivity contribution in [2.75, 3.05) is 0 Å². The molecule has 100 valence electrons. The lowest BCUT2D eigenvalue weighted by atomic mass is 9.94. The fourth-order valence-corrected chi connectivity index (χ4v) is 3.30. The molecule has 0 bridgehead atoms. The molecule has 3 rings (SSSR count). The Morgan fingerprint density at radius 3 is 2.79 bits per heavy atom. The summed E-state index contributed by atoms with van der Waals surface area (Å²) in [4.78, 5) is 4.50. The van der Waals surface area contributed by atoms with Gasteiger partial charge in [-0.05, 0) is 30.4 Å². The van der Waals surface area contributed by atoms with Crippen LogP contribution in [0, 0.1) is 5.92 Å². The molecule has 1 aliphatic rings. The number of rotatable bonds is 4. The predicted molar refractivity (Wildman–Crippen MR) is 79.9 cm³/mol. The van der Waals surface area contributed by atoms with E-state index in [1.165, 1.54) is 43.1 Å². The summed E-state index contributed by atoms with van der Waals surface area (Å²) in [5.41, 5.74) is 8.68. The van der Waals surface area contributed by atoms with Crippen molar-refractivity contribution in [3.8, 4) is 0 Å². The summed E-state index contributed by atoms with van der Waals surface area (Å²) >= 11 is 0. The molecule has 19 heavy (non-hydrogen) atoms. The van der Waals surface area contributed by atoms with E-state index in [-0.39, 0.29) is 6.04 Å². The summed E-state index contributed by atoms with van der Waals surface area (Å²) in [6.45, 7) is 0. The maximum Gasteiger partial charge on any atom is 0.0749 e. The van der Waals surface area contributed by atoms with Crippen molar-refractivity contribution in [1.82, 2.24) is 4.98 Å². The number of nitrogens with zero attached hydrogens (tertiary/aromatic N) is 1. The topological polar surface area (TPSA) is 38.9 Å². The van der Waals surface area contributed by atoms with E-state index in [9.17, 15) is 0 Å². The second-order valence-electron chi connectivity index (χ2n) is 5.76. The van der Waals surface area contributed by atoms with Crippen molar-refractivity contribution >= 4 is 10.9 Å². The van der Waals surface area contributed by atoms with E-state index in [0.717, 1.165) is 17.9 Å². The minimum absolute atomic E-state index is 0.124. The Morgan fingerprint density at radius 1 is 1.16 bits per heavy atom. The lowest BCUT2D eigenvalue weighted by Gasteiger charge is -2.16. The number of nitrogens with two attached hydrogens (primary N) is 1. The molecule has 0 aliphatic heterocycles. The largest absolute Gasteiger partial charge is 0.324 e. The van der Waals surface area contributed by atoms with Gasteiger partial charge in [-0.1, -0.05) is 49.9 Å². The third-order valence-electron chi connectivity index (χ3n) is 4.42. The van der Waals surface area contributed by atoms with E-state index in [2.05, 4.69) is 29.2 Å². The van der Waals surface area contributed by atoms with Gasteiger partial charge in [-0.15, -0.1) is 0 Å². The molecule has 0 radical (unpaired) electrons. The molecule has 2 aromatic rings. The van der Waals surface area contributed by atoms with Crippen molar-refractivity contribution in [2.45, 2.75) is 44.6 Å². The van der Waals surface area contributed by atoms with Crippen LogP contribution in [0.1, 0.15) is 50.1 Å². The Bertz CT molecular complexity index is 538. The maximum absolute atomic E-state index is 6.40. The number of fused-ring (bicyclic) bond motifs is 1. The summed E-state index contributed by atoms with van der Waals surface area (Å²) in [7, 11) is 0. The first-order valence-corrected chi connectivity index (χ1v) is 7.44. The number of hydrogen-bond acceptors (Lipinski definition) is 2. The fourth-order valence-electron chi connectivity index (χ4n) is 3.30. The number of hydrogen-bond donors (Lipinski definition) is 1. The van der Waals surface area contributed by atoms with Crippen LogP contribution in [-0.4, -0.2) is 4.98 Å². The van der Waals surface area contributed by atoms with Gasteiger partial charge in [-0.2, -0.15) is 0 Å². The monoisotopic (exact) mass is 254 g/mol. The molecule has 1 heterocycles. The highest BCUT2D eigenvalue weighted by Gasteiger charge is 2.17. The average molecular weight is 254 g/mol. The number of para-hydroxylation sites is 1. The van der Waals surface area contributed by atoms with E-state index in [4.69, 9.17) is 5.73 Å². The summed E-state index contributed by atoms with van der Waals surface area (Å²) in [5, 5.41) is 1.19. The first-order chi connectivity index (χ1) is 9.34. The smallest absolute Gasteiger partial charge is 0.0749 e. The van der Waals surface area contributed by atoms with Gasteiger partial charge in [0.2, 0.25) is 0 Å². The zero-order valence-electron chi connectivity index (χ0n) is 11.4. The van der Waals surface area contributed by atoms with Crippen LogP contribution >= 0.6 is 0 Å². The van der Waals surface area contributed by atoms with Gasteiger partial charge in [0.1, 0.15) is 0 Å². The van der Waals surface area contributed by atoms with Gasteiger partial charge in [-0.3, -0.25) is 4.98 Å². The van der Waals surface area contributed by atoms with E-state index >= 15 is 0 Å². The molecule has 2 nitrogen and oxygen atoms in total. The Labute approximate surface area is 115 Å². The number of benzene rings is 1. The Kier molecular flexibility index (Phi) is 3.79. The third-order valence-corrected chi connectivity index (χ3v) is 4.42. The van der Waals surface area contributed by atoms with Crippen LogP contribution in [0.5, 0.6) is 0 Å². The van der Waals surface area contributed by atoms with Crippen molar-refractivity contribution in [3.05, 3.63) is 42.1 Å². The van der Waals surface area contributed by atoms with Crippen LogP contribution in [0.4, 0.5) is 0 Å². The zero-order valence-corrected chi connectivity index (χ0v) is 11.4. The standard InChI is InChI=1S/C17H22N2/c18-16(11-10-13-5-1-2-6-13)15-9-3-7-14-8-4-12-19-17(14)15/h3-4,7-9,12-13,16H,1-2,5-6,10-11,18H2. The number of pyridine rings is 1. The van der Waals surface area contributed by atoms with Gasteiger partial charge < -0.3 is 5.73 Å². The van der Waals surface area contributed by atoms with Crippen LogP contribution in [0.25, 0.3) is 10.9 Å². The second kappa shape index (κ2) is 5.70. The molecule has 1 atom stereocenters. The van der Waals surface area contributed by atoms with Gasteiger partial charge in [-0.25, -0.2) is 0 Å². The highest BCUT2D eigenvalue weighted by Crippen LogP contribution is 2.31. The minimum Gasteiger partial charge on any atom is -0.324 e. The van der Waals surface area contributed by atoms with E-state index in [1.54, 1.807) is 0 Å². The van der Waals surface area contributed by atoms with Gasteiger partial charge in [0.15, 0.2) is 0 Å². The lowest BCUT2D eigenvalue weighted by Crippen LogP contribution is -2.12. The molecule has 1 unspecified atom stereocenters. The van der Waals surface area contributed by atoms with Gasteiger partial charge >= 0.3 is 0 Å². The summed E-state index contributed by atoms with van der Waals surface area (Å²) in [5.74, 6) is 0.911. The summed E-state index contributed by atoms with van der Waals surface area (Å²) < 4.78 is 0.